The Morgan fingerprint density at radius 2 is 1.89 bits per heavy atom. The maximum Gasteiger partial charge on any atom is 0.214 e. The third kappa shape index (κ3) is 4.91. The highest BCUT2D eigenvalue weighted by Crippen LogP contribution is 2.51. The molecule has 5 rings (SSSR count). The lowest BCUT2D eigenvalue weighted by Crippen LogP contribution is -2.34. The Kier molecular flexibility index (Phi) is 7.28. The summed E-state index contributed by atoms with van der Waals surface area (Å²) >= 11 is 13.5. The first kappa shape index (κ1) is 24.5. The van der Waals surface area contributed by atoms with Gasteiger partial charge in [-0.25, -0.2) is 5.01 Å². The van der Waals surface area contributed by atoms with Gasteiger partial charge in [0.05, 0.1) is 29.9 Å². The molecule has 0 amide bonds. The summed E-state index contributed by atoms with van der Waals surface area (Å²) in [5, 5.41) is 7.80. The second-order valence-electron chi connectivity index (χ2n) is 8.54. The maximum absolute atomic E-state index is 6.59. The van der Waals surface area contributed by atoms with E-state index < -0.39 is 6.23 Å². The predicted molar refractivity (Wildman–Crippen MR) is 146 cm³/mol. The summed E-state index contributed by atoms with van der Waals surface area (Å²) in [7, 11) is 1.66. The number of halogens is 3. The van der Waals surface area contributed by atoms with Crippen molar-refractivity contribution < 1.29 is 14.2 Å². The normalized spacial score (nSPS) is 18.4. The Hall–Kier alpha value is -2.22. The Morgan fingerprint density at radius 1 is 1.09 bits per heavy atom. The van der Waals surface area contributed by atoms with Gasteiger partial charge in [0.2, 0.25) is 6.23 Å². The van der Waals surface area contributed by atoms with Crippen LogP contribution < -0.4 is 14.2 Å². The average Bonchev–Trinajstić information content (AvgIpc) is 3.30. The number of hydrogen-bond acceptors (Lipinski definition) is 5. The molecule has 0 unspecified atom stereocenters. The van der Waals surface area contributed by atoms with Crippen LogP contribution in [-0.2, 0) is 0 Å². The Labute approximate surface area is 227 Å². The van der Waals surface area contributed by atoms with E-state index >= 15 is 0 Å². The number of fused-ring (bicyclic) bond motifs is 3. The molecule has 182 valence electrons. The molecule has 3 aromatic carbocycles. The summed E-state index contributed by atoms with van der Waals surface area (Å²) in [5.74, 6) is 2.24. The molecule has 5 nitrogen and oxygen atoms in total. The molecule has 35 heavy (non-hydrogen) atoms. The summed E-state index contributed by atoms with van der Waals surface area (Å²) in [5.41, 5.74) is 4.07. The minimum Gasteiger partial charge on any atom is -0.493 e. The molecule has 0 N–H and O–H groups in total. The van der Waals surface area contributed by atoms with Gasteiger partial charge >= 0.3 is 0 Å². The quantitative estimate of drug-likeness (QED) is 0.249. The van der Waals surface area contributed by atoms with Crippen LogP contribution in [0.3, 0.4) is 0 Å². The van der Waals surface area contributed by atoms with Crippen molar-refractivity contribution in [3.05, 3.63) is 85.3 Å². The molecule has 2 aliphatic heterocycles. The number of rotatable bonds is 7. The molecule has 0 bridgehead atoms. The van der Waals surface area contributed by atoms with Crippen molar-refractivity contribution in [1.82, 2.24) is 5.01 Å². The number of nitrogens with zero attached hydrogens (tertiary/aromatic N) is 2. The van der Waals surface area contributed by atoms with Crippen LogP contribution in [-0.4, -0.2) is 24.4 Å². The van der Waals surface area contributed by atoms with Gasteiger partial charge in [-0.3, -0.25) is 0 Å². The van der Waals surface area contributed by atoms with E-state index in [4.69, 9.17) is 30.9 Å². The van der Waals surface area contributed by atoms with Crippen LogP contribution in [0.4, 0.5) is 0 Å². The van der Waals surface area contributed by atoms with Gasteiger partial charge in [-0.2, -0.15) is 5.10 Å². The standard InChI is InChI=1S/C27H25Br2ClN2O3/c1-3-4-11-34-24-10-7-17(12-25(24)33-2)27-32-23(20-13-18(28)14-21(29)26(20)35-27)15-22(31-32)16-5-8-19(30)9-6-16/h5-10,12-14,23,27H,3-4,11,15H2,1-2H3/t23-,27-/m0/s1. The van der Waals surface area contributed by atoms with Gasteiger partial charge < -0.3 is 14.2 Å². The van der Waals surface area contributed by atoms with E-state index in [0.717, 1.165) is 62.1 Å². The summed E-state index contributed by atoms with van der Waals surface area (Å²) in [4.78, 5) is 0. The van der Waals surface area contributed by atoms with Crippen molar-refractivity contribution in [2.75, 3.05) is 13.7 Å². The van der Waals surface area contributed by atoms with Crippen LogP contribution in [0.15, 0.2) is 68.6 Å². The number of benzene rings is 3. The molecule has 3 aromatic rings. The van der Waals surface area contributed by atoms with Gasteiger partial charge in [0.1, 0.15) is 5.75 Å². The van der Waals surface area contributed by atoms with Gasteiger partial charge in [0.15, 0.2) is 11.5 Å². The smallest absolute Gasteiger partial charge is 0.214 e. The lowest BCUT2D eigenvalue weighted by atomic mass is 9.96. The number of unbranched alkanes of at least 4 members (excludes halogenated alkanes) is 1. The van der Waals surface area contributed by atoms with Crippen molar-refractivity contribution in [2.24, 2.45) is 5.10 Å². The van der Waals surface area contributed by atoms with E-state index in [1.165, 1.54) is 0 Å². The summed E-state index contributed by atoms with van der Waals surface area (Å²) < 4.78 is 20.1. The zero-order valence-corrected chi connectivity index (χ0v) is 23.4. The second-order valence-corrected chi connectivity index (χ2v) is 10.7. The Bertz CT molecular complexity index is 1270. The summed E-state index contributed by atoms with van der Waals surface area (Å²) in [6.07, 6.45) is 2.40. The maximum atomic E-state index is 6.59. The van der Waals surface area contributed by atoms with E-state index in [9.17, 15) is 0 Å². The summed E-state index contributed by atoms with van der Waals surface area (Å²) in [6.45, 7) is 2.80. The number of methoxy groups -OCH3 is 1. The van der Waals surface area contributed by atoms with Crippen LogP contribution in [0.1, 0.15) is 55.1 Å². The van der Waals surface area contributed by atoms with Crippen molar-refractivity contribution in [2.45, 2.75) is 38.5 Å². The Balaban J connectivity index is 1.55. The van der Waals surface area contributed by atoms with Crippen LogP contribution in [0.25, 0.3) is 0 Å². The molecule has 2 aliphatic rings. The zero-order chi connectivity index (χ0) is 24.5. The first-order chi connectivity index (χ1) is 17.0. The molecule has 2 heterocycles. The van der Waals surface area contributed by atoms with Gasteiger partial charge in [-0.05, 0) is 70.4 Å². The highest BCUT2D eigenvalue weighted by atomic mass is 79.9. The SMILES string of the molecule is CCCCOc1ccc([C@@H]2Oc3c(Br)cc(Br)cc3[C@@H]3CC(c4ccc(Cl)cc4)=NN32)cc1OC. The fourth-order valence-corrected chi connectivity index (χ4v) is 5.91. The van der Waals surface area contributed by atoms with E-state index in [0.29, 0.717) is 17.4 Å². The topological polar surface area (TPSA) is 43.3 Å². The molecule has 0 aromatic heterocycles. The first-order valence-corrected chi connectivity index (χ1v) is 13.5. The van der Waals surface area contributed by atoms with Crippen LogP contribution in [0, 0.1) is 0 Å². The molecule has 0 saturated carbocycles. The number of hydrogen-bond donors (Lipinski definition) is 0. The van der Waals surface area contributed by atoms with Crippen LogP contribution >= 0.6 is 43.5 Å². The van der Waals surface area contributed by atoms with Gasteiger partial charge in [0, 0.05) is 27.0 Å². The number of hydrazone groups is 1. The molecular formula is C27H25Br2ClN2O3. The van der Waals surface area contributed by atoms with E-state index in [1.54, 1.807) is 7.11 Å². The molecule has 2 atom stereocenters. The van der Waals surface area contributed by atoms with Crippen molar-refractivity contribution in [1.29, 1.82) is 0 Å². The van der Waals surface area contributed by atoms with Gasteiger partial charge in [-0.1, -0.05) is 53.0 Å². The minimum atomic E-state index is -0.423. The fraction of sp³-hybridized carbons (Fsp3) is 0.296. The lowest BCUT2D eigenvalue weighted by molar-refractivity contribution is -0.0198. The lowest BCUT2D eigenvalue weighted by Gasteiger charge is -2.38. The highest BCUT2D eigenvalue weighted by molar-refractivity contribution is 9.11. The number of ether oxygens (including phenoxy) is 3. The van der Waals surface area contributed by atoms with E-state index in [-0.39, 0.29) is 6.04 Å². The largest absolute Gasteiger partial charge is 0.493 e. The van der Waals surface area contributed by atoms with Crippen LogP contribution in [0.2, 0.25) is 5.02 Å². The Morgan fingerprint density at radius 3 is 2.63 bits per heavy atom. The van der Waals surface area contributed by atoms with Gasteiger partial charge in [-0.15, -0.1) is 0 Å². The molecule has 0 fully saturated rings. The van der Waals surface area contributed by atoms with E-state index in [1.807, 2.05) is 48.5 Å². The predicted octanol–water partition coefficient (Wildman–Crippen LogP) is 8.29. The molecule has 8 heteroatoms. The molecule has 0 radical (unpaired) electrons. The fourth-order valence-electron chi connectivity index (χ4n) is 4.43. The molecule has 0 aliphatic carbocycles. The molecule has 0 saturated heterocycles. The zero-order valence-electron chi connectivity index (χ0n) is 19.4. The monoisotopic (exact) mass is 618 g/mol. The van der Waals surface area contributed by atoms with Crippen molar-refractivity contribution in [3.63, 3.8) is 0 Å². The summed E-state index contributed by atoms with van der Waals surface area (Å²) in [6, 6.07) is 17.9. The van der Waals surface area contributed by atoms with Crippen LogP contribution in [0.5, 0.6) is 17.2 Å². The minimum absolute atomic E-state index is 0.0229. The third-order valence-electron chi connectivity index (χ3n) is 6.21. The molecular weight excluding hydrogens is 596 g/mol. The average molecular weight is 621 g/mol. The third-order valence-corrected chi connectivity index (χ3v) is 7.51. The van der Waals surface area contributed by atoms with E-state index in [2.05, 4.69) is 49.9 Å². The van der Waals surface area contributed by atoms with Crippen molar-refractivity contribution >= 4 is 49.2 Å². The van der Waals surface area contributed by atoms with Gasteiger partial charge in [0.25, 0.3) is 0 Å². The van der Waals surface area contributed by atoms with Crippen molar-refractivity contribution in [3.8, 4) is 17.2 Å². The second kappa shape index (κ2) is 10.4. The molecule has 0 spiro atoms. The first-order valence-electron chi connectivity index (χ1n) is 11.6. The highest BCUT2D eigenvalue weighted by Gasteiger charge is 2.42.